The molecule has 0 saturated carbocycles. The van der Waals surface area contributed by atoms with Crippen molar-refractivity contribution in [2.24, 2.45) is 0 Å². The van der Waals surface area contributed by atoms with Gasteiger partial charge in [0.05, 0.1) is 28.7 Å². The number of pyridine rings is 2. The molecule has 0 N–H and O–H groups in total. The maximum absolute atomic E-state index is 9.01. The number of aryl methyl sites for hydroxylation is 1. The number of nitrogens with zero attached hydrogens (tertiary/aromatic N) is 4. The van der Waals surface area contributed by atoms with Gasteiger partial charge in [-0.2, -0.15) is 5.26 Å². The smallest absolute Gasteiger partial charge is 0.137 e. The van der Waals surface area contributed by atoms with E-state index in [0.717, 1.165) is 17.0 Å². The summed E-state index contributed by atoms with van der Waals surface area (Å²) in [4.78, 5) is 8.76. The van der Waals surface area contributed by atoms with Crippen LogP contribution >= 0.6 is 11.6 Å². The van der Waals surface area contributed by atoms with Crippen LogP contribution in [0.4, 0.5) is 0 Å². The summed E-state index contributed by atoms with van der Waals surface area (Å²) in [6.07, 6.45) is 1.92. The lowest BCUT2D eigenvalue weighted by Crippen LogP contribution is -1.93. The zero-order valence-corrected chi connectivity index (χ0v) is 10.9. The highest BCUT2D eigenvalue weighted by molar-refractivity contribution is 6.29. The third kappa shape index (κ3) is 1.94. The second-order valence-corrected chi connectivity index (χ2v) is 4.54. The van der Waals surface area contributed by atoms with E-state index in [0.29, 0.717) is 16.4 Å². The van der Waals surface area contributed by atoms with Crippen molar-refractivity contribution in [3.63, 3.8) is 0 Å². The SMILES string of the molecule is Cc1nc2ccccn2c1-c1cc(C#N)cc(Cl)n1. The fourth-order valence-corrected chi connectivity index (χ4v) is 2.31. The molecule has 3 aromatic rings. The lowest BCUT2D eigenvalue weighted by Gasteiger charge is -2.03. The first-order valence-electron chi connectivity index (χ1n) is 5.71. The van der Waals surface area contributed by atoms with Gasteiger partial charge in [-0.25, -0.2) is 9.97 Å². The summed E-state index contributed by atoms with van der Waals surface area (Å²) in [5, 5.41) is 9.31. The normalized spacial score (nSPS) is 10.6. The number of nitriles is 1. The highest BCUT2D eigenvalue weighted by atomic mass is 35.5. The molecule has 4 nitrogen and oxygen atoms in total. The van der Waals surface area contributed by atoms with E-state index in [2.05, 4.69) is 16.0 Å². The van der Waals surface area contributed by atoms with E-state index in [1.165, 1.54) is 0 Å². The minimum atomic E-state index is 0.305. The molecule has 0 aliphatic rings. The second-order valence-electron chi connectivity index (χ2n) is 4.15. The zero-order chi connectivity index (χ0) is 13.4. The predicted octanol–water partition coefficient (Wildman–Crippen LogP) is 3.23. The number of aromatic nitrogens is 3. The maximum atomic E-state index is 9.01. The Bertz CT molecular complexity index is 814. The van der Waals surface area contributed by atoms with Gasteiger partial charge in [-0.15, -0.1) is 0 Å². The molecule has 3 aromatic heterocycles. The summed E-state index contributed by atoms with van der Waals surface area (Å²) in [6.45, 7) is 1.91. The molecular formula is C14H9ClN4. The molecule has 3 rings (SSSR count). The molecule has 5 heteroatoms. The Kier molecular flexibility index (Phi) is 2.69. The fourth-order valence-electron chi connectivity index (χ4n) is 2.10. The van der Waals surface area contributed by atoms with Crippen LogP contribution in [-0.4, -0.2) is 14.4 Å². The molecule has 3 heterocycles. The highest BCUT2D eigenvalue weighted by Gasteiger charge is 2.13. The maximum Gasteiger partial charge on any atom is 0.137 e. The van der Waals surface area contributed by atoms with Gasteiger partial charge in [-0.1, -0.05) is 17.7 Å². The molecule has 0 radical (unpaired) electrons. The van der Waals surface area contributed by atoms with E-state index in [1.54, 1.807) is 12.1 Å². The number of hydrogen-bond acceptors (Lipinski definition) is 3. The van der Waals surface area contributed by atoms with E-state index in [1.807, 2.05) is 35.7 Å². The van der Waals surface area contributed by atoms with Crippen molar-refractivity contribution >= 4 is 17.2 Å². The van der Waals surface area contributed by atoms with Crippen LogP contribution in [0.1, 0.15) is 11.3 Å². The number of imidazole rings is 1. The van der Waals surface area contributed by atoms with Gasteiger partial charge >= 0.3 is 0 Å². The molecule has 0 aromatic carbocycles. The topological polar surface area (TPSA) is 54.0 Å². The van der Waals surface area contributed by atoms with E-state index in [4.69, 9.17) is 16.9 Å². The molecule has 92 valence electrons. The minimum absolute atomic E-state index is 0.305. The second kappa shape index (κ2) is 4.38. The van der Waals surface area contributed by atoms with Crippen molar-refractivity contribution < 1.29 is 0 Å². The molecule has 0 bridgehead atoms. The quantitative estimate of drug-likeness (QED) is 0.637. The average Bonchev–Trinajstić information content (AvgIpc) is 2.73. The summed E-state index contributed by atoms with van der Waals surface area (Å²) < 4.78 is 1.94. The Morgan fingerprint density at radius 2 is 2.11 bits per heavy atom. The standard InChI is InChI=1S/C14H9ClN4/c1-9-14(19-5-3-2-4-13(19)17-9)11-6-10(8-16)7-12(15)18-11/h2-7H,1H3. The molecule has 0 spiro atoms. The Labute approximate surface area is 114 Å². The van der Waals surface area contributed by atoms with Gasteiger partial charge in [0.15, 0.2) is 0 Å². The van der Waals surface area contributed by atoms with Crippen molar-refractivity contribution in [3.05, 3.63) is 52.9 Å². The van der Waals surface area contributed by atoms with E-state index in [9.17, 15) is 0 Å². The first kappa shape index (κ1) is 11.7. The van der Waals surface area contributed by atoms with Crippen LogP contribution in [-0.2, 0) is 0 Å². The monoisotopic (exact) mass is 268 g/mol. The molecule has 0 fully saturated rings. The fraction of sp³-hybridized carbons (Fsp3) is 0.0714. The third-order valence-electron chi connectivity index (χ3n) is 2.87. The Morgan fingerprint density at radius 1 is 1.26 bits per heavy atom. The zero-order valence-electron chi connectivity index (χ0n) is 10.1. The summed E-state index contributed by atoms with van der Waals surface area (Å²) in [6, 6.07) is 11.1. The van der Waals surface area contributed by atoms with Crippen molar-refractivity contribution in [3.8, 4) is 17.5 Å². The van der Waals surface area contributed by atoms with Gasteiger partial charge in [-0.3, -0.25) is 4.40 Å². The van der Waals surface area contributed by atoms with Crippen molar-refractivity contribution in [1.82, 2.24) is 14.4 Å². The first-order valence-corrected chi connectivity index (χ1v) is 6.08. The number of rotatable bonds is 1. The van der Waals surface area contributed by atoms with Crippen LogP contribution in [0.15, 0.2) is 36.5 Å². The van der Waals surface area contributed by atoms with Crippen LogP contribution in [0.2, 0.25) is 5.15 Å². The largest absolute Gasteiger partial charge is 0.298 e. The average molecular weight is 269 g/mol. The molecule has 0 atom stereocenters. The van der Waals surface area contributed by atoms with Crippen molar-refractivity contribution in [2.45, 2.75) is 6.92 Å². The number of fused-ring (bicyclic) bond motifs is 1. The molecule has 0 aliphatic carbocycles. The summed E-state index contributed by atoms with van der Waals surface area (Å²) in [7, 11) is 0. The molecule has 0 unspecified atom stereocenters. The van der Waals surface area contributed by atoms with Crippen LogP contribution in [0.5, 0.6) is 0 Å². The lowest BCUT2D eigenvalue weighted by atomic mass is 10.2. The van der Waals surface area contributed by atoms with Gasteiger partial charge in [0.25, 0.3) is 0 Å². The number of hydrogen-bond donors (Lipinski definition) is 0. The van der Waals surface area contributed by atoms with Crippen molar-refractivity contribution in [2.75, 3.05) is 0 Å². The lowest BCUT2D eigenvalue weighted by molar-refractivity contribution is 1.16. The molecule has 0 amide bonds. The van der Waals surface area contributed by atoms with E-state index < -0.39 is 0 Å². The predicted molar refractivity (Wildman–Crippen MR) is 72.9 cm³/mol. The molecular weight excluding hydrogens is 260 g/mol. The van der Waals surface area contributed by atoms with Gasteiger partial charge in [-0.05, 0) is 31.2 Å². The van der Waals surface area contributed by atoms with Crippen LogP contribution in [0, 0.1) is 18.3 Å². The van der Waals surface area contributed by atoms with Gasteiger partial charge in [0, 0.05) is 6.20 Å². The molecule has 0 saturated heterocycles. The van der Waals surface area contributed by atoms with Gasteiger partial charge < -0.3 is 0 Å². The van der Waals surface area contributed by atoms with Crippen LogP contribution < -0.4 is 0 Å². The molecule has 19 heavy (non-hydrogen) atoms. The van der Waals surface area contributed by atoms with Gasteiger partial charge in [0.2, 0.25) is 0 Å². The Morgan fingerprint density at radius 3 is 2.89 bits per heavy atom. The first-order chi connectivity index (χ1) is 9.19. The van der Waals surface area contributed by atoms with E-state index >= 15 is 0 Å². The minimum Gasteiger partial charge on any atom is -0.298 e. The number of halogens is 1. The molecule has 0 aliphatic heterocycles. The van der Waals surface area contributed by atoms with Crippen LogP contribution in [0.3, 0.4) is 0 Å². The van der Waals surface area contributed by atoms with E-state index in [-0.39, 0.29) is 0 Å². The highest BCUT2D eigenvalue weighted by Crippen LogP contribution is 2.25. The van der Waals surface area contributed by atoms with Crippen LogP contribution in [0.25, 0.3) is 17.0 Å². The third-order valence-corrected chi connectivity index (χ3v) is 3.06. The summed E-state index contributed by atoms with van der Waals surface area (Å²) in [5.74, 6) is 0. The van der Waals surface area contributed by atoms with Crippen molar-refractivity contribution in [1.29, 1.82) is 5.26 Å². The summed E-state index contributed by atoms with van der Waals surface area (Å²) >= 11 is 5.96. The Balaban J connectivity index is 2.33. The van der Waals surface area contributed by atoms with Gasteiger partial charge in [0.1, 0.15) is 10.8 Å². The summed E-state index contributed by atoms with van der Waals surface area (Å²) in [5.41, 5.74) is 3.69. The Hall–Kier alpha value is -2.38.